The van der Waals surface area contributed by atoms with Gasteiger partial charge >= 0.3 is 0 Å². The predicted octanol–water partition coefficient (Wildman–Crippen LogP) is 2.17. The first-order valence-corrected chi connectivity index (χ1v) is 9.03. The fourth-order valence-electron chi connectivity index (χ4n) is 3.81. The van der Waals surface area contributed by atoms with Gasteiger partial charge in [0.1, 0.15) is 0 Å². The summed E-state index contributed by atoms with van der Waals surface area (Å²) in [4.78, 5) is 10.1. The average Bonchev–Trinajstić information content (AvgIpc) is 3.23. The Labute approximate surface area is 130 Å². The second kappa shape index (κ2) is 6.99. The molecule has 120 valence electrons. The van der Waals surface area contributed by atoms with Gasteiger partial charge in [-0.15, -0.1) is 0 Å². The summed E-state index contributed by atoms with van der Waals surface area (Å²) in [6.07, 6.45) is 6.89. The molecule has 0 radical (unpaired) electrons. The number of piperidine rings is 1. The quantitative estimate of drug-likeness (QED) is 0.636. The van der Waals surface area contributed by atoms with E-state index in [-0.39, 0.29) is 0 Å². The van der Waals surface area contributed by atoms with Crippen LogP contribution in [0.3, 0.4) is 0 Å². The molecular formula is C17H32N4. The Morgan fingerprint density at radius 1 is 1.14 bits per heavy atom. The summed E-state index contributed by atoms with van der Waals surface area (Å²) in [5.74, 6) is 2.75. The second-order valence-electron chi connectivity index (χ2n) is 7.27. The van der Waals surface area contributed by atoms with Crippen LogP contribution >= 0.6 is 0 Å². The number of hydrogen-bond acceptors (Lipinski definition) is 2. The Hall–Kier alpha value is -0.770. The largest absolute Gasteiger partial charge is 0.357 e. The minimum atomic E-state index is 0.779. The maximum absolute atomic E-state index is 4.97. The summed E-state index contributed by atoms with van der Waals surface area (Å²) in [6.45, 7) is 11.5. The molecule has 2 saturated heterocycles. The summed E-state index contributed by atoms with van der Waals surface area (Å²) in [6, 6.07) is 0.926. The highest BCUT2D eigenvalue weighted by Gasteiger charge is 2.34. The molecule has 2 unspecified atom stereocenters. The zero-order chi connectivity index (χ0) is 14.7. The van der Waals surface area contributed by atoms with Crippen molar-refractivity contribution in [2.45, 2.75) is 52.0 Å². The van der Waals surface area contributed by atoms with Crippen molar-refractivity contribution in [2.24, 2.45) is 16.8 Å². The molecule has 1 N–H and O–H groups in total. The molecule has 0 amide bonds. The predicted molar refractivity (Wildman–Crippen MR) is 88.7 cm³/mol. The van der Waals surface area contributed by atoms with Crippen LogP contribution in [0.25, 0.3) is 0 Å². The van der Waals surface area contributed by atoms with Gasteiger partial charge in [0.2, 0.25) is 0 Å². The van der Waals surface area contributed by atoms with E-state index in [1.165, 1.54) is 58.3 Å². The normalized spacial score (nSPS) is 31.7. The average molecular weight is 292 g/mol. The number of rotatable bonds is 4. The summed E-state index contributed by atoms with van der Waals surface area (Å²) >= 11 is 0. The van der Waals surface area contributed by atoms with Crippen molar-refractivity contribution in [3.8, 4) is 0 Å². The van der Waals surface area contributed by atoms with Crippen molar-refractivity contribution >= 4 is 5.96 Å². The Balaban J connectivity index is 1.52. The number of nitrogens with zero attached hydrogens (tertiary/aromatic N) is 3. The van der Waals surface area contributed by atoms with Crippen LogP contribution in [0.5, 0.6) is 0 Å². The van der Waals surface area contributed by atoms with Crippen LogP contribution in [-0.2, 0) is 0 Å². The van der Waals surface area contributed by atoms with Crippen LogP contribution in [-0.4, -0.2) is 61.1 Å². The first-order chi connectivity index (χ1) is 10.3. The van der Waals surface area contributed by atoms with Gasteiger partial charge in [-0.1, -0.05) is 6.92 Å². The van der Waals surface area contributed by atoms with Gasteiger partial charge in [-0.3, -0.25) is 4.99 Å². The van der Waals surface area contributed by atoms with Crippen molar-refractivity contribution in [1.82, 2.24) is 15.1 Å². The van der Waals surface area contributed by atoms with Crippen LogP contribution in [0.2, 0.25) is 0 Å². The van der Waals surface area contributed by atoms with E-state index in [0.29, 0.717) is 0 Å². The zero-order valence-electron chi connectivity index (χ0n) is 13.9. The molecule has 3 fully saturated rings. The summed E-state index contributed by atoms with van der Waals surface area (Å²) in [7, 11) is 0. The van der Waals surface area contributed by atoms with Gasteiger partial charge in [0.15, 0.2) is 5.96 Å². The van der Waals surface area contributed by atoms with E-state index in [2.05, 4.69) is 29.0 Å². The fraction of sp³-hybridized carbons (Fsp3) is 0.941. The van der Waals surface area contributed by atoms with Crippen molar-refractivity contribution < 1.29 is 0 Å². The van der Waals surface area contributed by atoms with Gasteiger partial charge in [-0.25, -0.2) is 0 Å². The highest BCUT2D eigenvalue weighted by Crippen LogP contribution is 2.31. The molecule has 0 aromatic rings. The fourth-order valence-corrected chi connectivity index (χ4v) is 3.81. The number of likely N-dealkylation sites (tertiary alicyclic amines) is 2. The van der Waals surface area contributed by atoms with E-state index in [0.717, 1.165) is 36.9 Å². The van der Waals surface area contributed by atoms with Crippen LogP contribution in [0, 0.1) is 11.8 Å². The first-order valence-electron chi connectivity index (χ1n) is 9.03. The van der Waals surface area contributed by atoms with Crippen molar-refractivity contribution in [3.63, 3.8) is 0 Å². The molecule has 1 aliphatic carbocycles. The molecule has 4 nitrogen and oxygen atoms in total. The van der Waals surface area contributed by atoms with Gasteiger partial charge in [0.25, 0.3) is 0 Å². The molecule has 0 aromatic carbocycles. The Bertz CT molecular complexity index is 364. The summed E-state index contributed by atoms with van der Waals surface area (Å²) in [5.41, 5.74) is 0. The van der Waals surface area contributed by atoms with Gasteiger partial charge < -0.3 is 15.1 Å². The van der Waals surface area contributed by atoms with Crippen LogP contribution in [0.1, 0.15) is 46.0 Å². The Morgan fingerprint density at radius 3 is 2.71 bits per heavy atom. The molecule has 0 bridgehead atoms. The van der Waals surface area contributed by atoms with Gasteiger partial charge in [-0.05, 0) is 57.4 Å². The lowest BCUT2D eigenvalue weighted by Gasteiger charge is -2.33. The number of guanidine groups is 1. The van der Waals surface area contributed by atoms with E-state index in [9.17, 15) is 0 Å². The standard InChI is InChI=1S/C17H32N4/c1-3-18-17(21-9-4-5-14(2)12-21)19-11-15-8-10-20(13-15)16-6-7-16/h14-16H,3-13H2,1-2H3,(H,18,19). The van der Waals surface area contributed by atoms with E-state index in [1.807, 2.05) is 0 Å². The zero-order valence-corrected chi connectivity index (χ0v) is 13.9. The van der Waals surface area contributed by atoms with Crippen molar-refractivity contribution in [2.75, 3.05) is 39.3 Å². The number of hydrogen-bond donors (Lipinski definition) is 1. The molecular weight excluding hydrogens is 260 g/mol. The van der Waals surface area contributed by atoms with Crippen molar-refractivity contribution in [3.05, 3.63) is 0 Å². The lowest BCUT2D eigenvalue weighted by Crippen LogP contribution is -2.46. The summed E-state index contributed by atoms with van der Waals surface area (Å²) < 4.78 is 0. The number of aliphatic imine (C=N–C) groups is 1. The van der Waals surface area contributed by atoms with Gasteiger partial charge in [-0.2, -0.15) is 0 Å². The second-order valence-corrected chi connectivity index (χ2v) is 7.27. The molecule has 0 aromatic heterocycles. The third-order valence-corrected chi connectivity index (χ3v) is 5.17. The third kappa shape index (κ3) is 4.12. The van der Waals surface area contributed by atoms with E-state index in [4.69, 9.17) is 4.99 Å². The topological polar surface area (TPSA) is 30.9 Å². The smallest absolute Gasteiger partial charge is 0.193 e. The molecule has 4 heteroatoms. The lowest BCUT2D eigenvalue weighted by atomic mass is 10.0. The molecule has 2 heterocycles. The van der Waals surface area contributed by atoms with Crippen LogP contribution < -0.4 is 5.32 Å². The first kappa shape index (κ1) is 15.1. The molecule has 2 atom stereocenters. The number of nitrogens with one attached hydrogen (secondary N) is 1. The van der Waals surface area contributed by atoms with Crippen LogP contribution in [0.15, 0.2) is 4.99 Å². The lowest BCUT2D eigenvalue weighted by molar-refractivity contribution is 0.265. The SMILES string of the molecule is CCNC(=NCC1CCN(C2CC2)C1)N1CCCC(C)C1. The van der Waals surface area contributed by atoms with E-state index >= 15 is 0 Å². The minimum absolute atomic E-state index is 0.779. The molecule has 1 saturated carbocycles. The third-order valence-electron chi connectivity index (χ3n) is 5.17. The Kier molecular flexibility index (Phi) is 5.04. The molecule has 3 aliphatic rings. The van der Waals surface area contributed by atoms with Gasteiger partial charge in [0, 0.05) is 38.8 Å². The maximum Gasteiger partial charge on any atom is 0.193 e. The molecule has 0 spiro atoms. The van der Waals surface area contributed by atoms with E-state index < -0.39 is 0 Å². The van der Waals surface area contributed by atoms with E-state index in [1.54, 1.807) is 0 Å². The molecule has 2 aliphatic heterocycles. The minimum Gasteiger partial charge on any atom is -0.357 e. The Morgan fingerprint density at radius 2 is 2.00 bits per heavy atom. The highest BCUT2D eigenvalue weighted by molar-refractivity contribution is 5.80. The molecule has 3 rings (SSSR count). The van der Waals surface area contributed by atoms with Crippen LogP contribution in [0.4, 0.5) is 0 Å². The van der Waals surface area contributed by atoms with Crippen molar-refractivity contribution in [1.29, 1.82) is 0 Å². The monoisotopic (exact) mass is 292 g/mol. The maximum atomic E-state index is 4.97. The summed E-state index contributed by atoms with van der Waals surface area (Å²) in [5, 5.41) is 3.51. The molecule has 21 heavy (non-hydrogen) atoms. The van der Waals surface area contributed by atoms with Gasteiger partial charge in [0.05, 0.1) is 0 Å². The highest BCUT2D eigenvalue weighted by atomic mass is 15.3.